The highest BCUT2D eigenvalue weighted by molar-refractivity contribution is 7.89. The van der Waals surface area contributed by atoms with Gasteiger partial charge in [-0.2, -0.15) is 0 Å². The van der Waals surface area contributed by atoms with Gasteiger partial charge in [0.25, 0.3) is 0 Å². The van der Waals surface area contributed by atoms with Crippen LogP contribution in [0.5, 0.6) is 0 Å². The minimum atomic E-state index is -3.68. The third kappa shape index (κ3) is 2.86. The molecule has 0 spiro atoms. The predicted molar refractivity (Wildman–Crippen MR) is 79.1 cm³/mol. The van der Waals surface area contributed by atoms with Crippen LogP contribution in [0.1, 0.15) is 37.3 Å². The summed E-state index contributed by atoms with van der Waals surface area (Å²) in [6.07, 6.45) is -0.0375. The van der Waals surface area contributed by atoms with Crippen LogP contribution in [0.25, 0.3) is 0 Å². The maximum Gasteiger partial charge on any atom is 0.228 e. The molecule has 1 aliphatic rings. The molecule has 110 valence electrons. The first kappa shape index (κ1) is 15.0. The number of primary sulfonamides is 1. The van der Waals surface area contributed by atoms with E-state index in [2.05, 4.69) is 13.8 Å². The van der Waals surface area contributed by atoms with Crippen molar-refractivity contribution in [1.82, 2.24) is 0 Å². The largest absolute Gasteiger partial charge is 0.311 e. The third-order valence-corrected chi connectivity index (χ3v) is 4.99. The molecule has 1 atom stereocenters. The molecule has 1 unspecified atom stereocenters. The van der Waals surface area contributed by atoms with E-state index in [-0.39, 0.29) is 18.9 Å². The van der Waals surface area contributed by atoms with Gasteiger partial charge in [0.1, 0.15) is 5.25 Å². The summed E-state index contributed by atoms with van der Waals surface area (Å²) in [6.45, 7) is 6.21. The Hall–Kier alpha value is -1.40. The number of amides is 1. The van der Waals surface area contributed by atoms with Gasteiger partial charge in [-0.05, 0) is 30.0 Å². The van der Waals surface area contributed by atoms with Crippen LogP contribution in [0.2, 0.25) is 0 Å². The molecule has 1 fully saturated rings. The molecule has 2 N–H and O–H groups in total. The molecular weight excluding hydrogens is 276 g/mol. The Balaban J connectivity index is 2.37. The van der Waals surface area contributed by atoms with E-state index in [1.165, 1.54) is 4.90 Å². The smallest absolute Gasteiger partial charge is 0.228 e. The molecule has 0 radical (unpaired) electrons. The van der Waals surface area contributed by atoms with E-state index in [0.717, 1.165) is 16.8 Å². The van der Waals surface area contributed by atoms with Crippen LogP contribution in [-0.2, 0) is 14.8 Å². The van der Waals surface area contributed by atoms with Crippen molar-refractivity contribution < 1.29 is 13.2 Å². The van der Waals surface area contributed by atoms with Gasteiger partial charge in [-0.25, -0.2) is 13.6 Å². The van der Waals surface area contributed by atoms with Gasteiger partial charge in [0.05, 0.1) is 0 Å². The lowest BCUT2D eigenvalue weighted by molar-refractivity contribution is -0.117. The summed E-state index contributed by atoms with van der Waals surface area (Å²) < 4.78 is 22.8. The molecule has 0 bridgehead atoms. The summed E-state index contributed by atoms with van der Waals surface area (Å²) in [5, 5.41) is 4.34. The summed E-state index contributed by atoms with van der Waals surface area (Å²) in [7, 11) is -3.68. The number of nitrogens with zero attached hydrogens (tertiary/aromatic N) is 1. The van der Waals surface area contributed by atoms with Crippen molar-refractivity contribution in [3.63, 3.8) is 0 Å². The zero-order chi connectivity index (χ0) is 15.1. The zero-order valence-electron chi connectivity index (χ0n) is 12.0. The predicted octanol–water partition coefficient (Wildman–Crippen LogP) is 1.51. The van der Waals surface area contributed by atoms with Crippen LogP contribution in [-0.4, -0.2) is 26.1 Å². The number of anilines is 1. The van der Waals surface area contributed by atoms with E-state index in [1.54, 1.807) is 0 Å². The highest BCUT2D eigenvalue weighted by Crippen LogP contribution is 2.30. The van der Waals surface area contributed by atoms with Gasteiger partial charge in [-0.15, -0.1) is 0 Å². The molecule has 1 aromatic carbocycles. The third-order valence-electron chi connectivity index (χ3n) is 3.74. The van der Waals surface area contributed by atoms with Crippen LogP contribution in [0.15, 0.2) is 18.2 Å². The minimum absolute atomic E-state index is 0.0375. The molecule has 0 aromatic heterocycles. The molecule has 20 heavy (non-hydrogen) atoms. The average Bonchev–Trinajstić information content (AvgIpc) is 2.71. The fourth-order valence-corrected chi connectivity index (χ4v) is 3.14. The van der Waals surface area contributed by atoms with Gasteiger partial charge < -0.3 is 4.90 Å². The number of hydrogen-bond donors (Lipinski definition) is 1. The standard InChI is InChI=1S/C14H20N2O3S/c1-9(2)11-5-4-10(3)13(6-11)16-8-12(7-14(16)17)20(15,18)19/h4-6,9,12H,7-8H2,1-3H3,(H2,15,18,19). The molecular formula is C14H20N2O3S. The molecule has 1 saturated heterocycles. The Kier molecular flexibility index (Phi) is 3.88. The summed E-state index contributed by atoms with van der Waals surface area (Å²) in [6, 6.07) is 5.95. The molecule has 0 aliphatic carbocycles. The molecule has 6 heteroatoms. The van der Waals surface area contributed by atoms with E-state index in [9.17, 15) is 13.2 Å². The first-order valence-corrected chi connectivity index (χ1v) is 8.23. The summed E-state index contributed by atoms with van der Waals surface area (Å²) >= 11 is 0. The van der Waals surface area contributed by atoms with Crippen molar-refractivity contribution in [2.75, 3.05) is 11.4 Å². The molecule has 1 aromatic rings. The van der Waals surface area contributed by atoms with Crippen LogP contribution in [0, 0.1) is 6.92 Å². The second kappa shape index (κ2) is 5.18. The highest BCUT2D eigenvalue weighted by atomic mass is 32.2. The number of carbonyl (C=O) groups excluding carboxylic acids is 1. The van der Waals surface area contributed by atoms with Crippen LogP contribution < -0.4 is 10.0 Å². The Morgan fingerprint density at radius 2 is 2.00 bits per heavy atom. The van der Waals surface area contributed by atoms with Gasteiger partial charge in [-0.1, -0.05) is 26.0 Å². The molecule has 1 aliphatic heterocycles. The fraction of sp³-hybridized carbons (Fsp3) is 0.500. The SMILES string of the molecule is Cc1ccc(C(C)C)cc1N1CC(S(N)(=O)=O)CC1=O. The number of nitrogens with two attached hydrogens (primary N) is 1. The normalized spacial score (nSPS) is 19.9. The Labute approximate surface area is 119 Å². The van der Waals surface area contributed by atoms with Crippen molar-refractivity contribution in [1.29, 1.82) is 0 Å². The van der Waals surface area contributed by atoms with Crippen molar-refractivity contribution in [2.45, 2.75) is 38.4 Å². The van der Waals surface area contributed by atoms with E-state index in [1.807, 2.05) is 25.1 Å². The minimum Gasteiger partial charge on any atom is -0.311 e. The van der Waals surface area contributed by atoms with Gasteiger partial charge in [0.15, 0.2) is 0 Å². The topological polar surface area (TPSA) is 80.5 Å². The van der Waals surface area contributed by atoms with E-state index < -0.39 is 15.3 Å². The van der Waals surface area contributed by atoms with E-state index in [4.69, 9.17) is 5.14 Å². The van der Waals surface area contributed by atoms with Crippen molar-refractivity contribution >= 4 is 21.6 Å². The summed E-state index contributed by atoms with van der Waals surface area (Å²) in [5.41, 5.74) is 2.86. The average molecular weight is 296 g/mol. The zero-order valence-corrected chi connectivity index (χ0v) is 12.8. The lowest BCUT2D eigenvalue weighted by atomic mass is 10.0. The maximum absolute atomic E-state index is 12.1. The van der Waals surface area contributed by atoms with Crippen LogP contribution >= 0.6 is 0 Å². The first-order valence-electron chi connectivity index (χ1n) is 6.62. The Bertz CT molecular complexity index is 638. The number of sulfonamides is 1. The number of aryl methyl sites for hydroxylation is 1. The first-order chi connectivity index (χ1) is 9.20. The van der Waals surface area contributed by atoms with Gasteiger partial charge in [-0.3, -0.25) is 4.79 Å². The molecule has 0 saturated carbocycles. The number of rotatable bonds is 3. The van der Waals surface area contributed by atoms with Crippen molar-refractivity contribution in [3.8, 4) is 0 Å². The summed E-state index contributed by atoms with van der Waals surface area (Å²) in [4.78, 5) is 13.6. The van der Waals surface area contributed by atoms with Crippen LogP contribution in [0.4, 0.5) is 5.69 Å². The lowest BCUT2D eigenvalue weighted by Crippen LogP contribution is -2.32. The van der Waals surface area contributed by atoms with E-state index in [0.29, 0.717) is 5.92 Å². The van der Waals surface area contributed by atoms with Crippen LogP contribution in [0.3, 0.4) is 0 Å². The van der Waals surface area contributed by atoms with Crippen molar-refractivity contribution in [2.24, 2.45) is 5.14 Å². The molecule has 1 amide bonds. The summed E-state index contributed by atoms with van der Waals surface area (Å²) in [5.74, 6) is 0.161. The van der Waals surface area contributed by atoms with Gasteiger partial charge in [0, 0.05) is 18.7 Å². The molecule has 5 nitrogen and oxygen atoms in total. The molecule has 2 rings (SSSR count). The second-order valence-electron chi connectivity index (χ2n) is 5.62. The van der Waals surface area contributed by atoms with Gasteiger partial charge >= 0.3 is 0 Å². The van der Waals surface area contributed by atoms with Crippen molar-refractivity contribution in [3.05, 3.63) is 29.3 Å². The monoisotopic (exact) mass is 296 g/mol. The van der Waals surface area contributed by atoms with Gasteiger partial charge in [0.2, 0.25) is 15.9 Å². The highest BCUT2D eigenvalue weighted by Gasteiger charge is 2.37. The lowest BCUT2D eigenvalue weighted by Gasteiger charge is -2.20. The number of benzene rings is 1. The maximum atomic E-state index is 12.1. The Morgan fingerprint density at radius 1 is 1.35 bits per heavy atom. The van der Waals surface area contributed by atoms with E-state index >= 15 is 0 Å². The quantitative estimate of drug-likeness (QED) is 0.918. The number of carbonyl (C=O) groups is 1. The number of hydrogen-bond acceptors (Lipinski definition) is 3. The Morgan fingerprint density at radius 3 is 2.50 bits per heavy atom. The fourth-order valence-electron chi connectivity index (χ4n) is 2.40. The second-order valence-corrected chi connectivity index (χ2v) is 7.46. The molecule has 1 heterocycles.